The predicted molar refractivity (Wildman–Crippen MR) is 89.0 cm³/mol. The number of nitrogens with one attached hydrogen (secondary N) is 1. The molecule has 0 radical (unpaired) electrons. The molecule has 0 aliphatic heterocycles. The molecular weight excluding hydrogens is 343 g/mol. The van der Waals surface area contributed by atoms with Gasteiger partial charge in [0, 0.05) is 6.42 Å². The van der Waals surface area contributed by atoms with Gasteiger partial charge in [0.2, 0.25) is 5.91 Å². The summed E-state index contributed by atoms with van der Waals surface area (Å²) >= 11 is 0. The van der Waals surface area contributed by atoms with Crippen LogP contribution < -0.4 is 11.1 Å². The predicted octanol–water partition coefficient (Wildman–Crippen LogP) is 4.24. The number of benzene rings is 1. The van der Waals surface area contributed by atoms with E-state index in [2.05, 4.69) is 10.3 Å². The first-order valence-corrected chi connectivity index (χ1v) is 6.94. The van der Waals surface area contributed by atoms with Gasteiger partial charge in [-0.05, 0) is 35.7 Å². The summed E-state index contributed by atoms with van der Waals surface area (Å²) < 4.78 is 37.6. The van der Waals surface area contributed by atoms with Crippen molar-refractivity contribution in [3.05, 3.63) is 53.7 Å². The molecule has 0 fully saturated rings. The number of amides is 1. The third-order valence-corrected chi connectivity index (χ3v) is 3.37. The fourth-order valence-electron chi connectivity index (χ4n) is 2.09. The van der Waals surface area contributed by atoms with Gasteiger partial charge >= 0.3 is 6.18 Å². The maximum absolute atomic E-state index is 12.5. The molecule has 1 amide bonds. The van der Waals surface area contributed by atoms with Crippen molar-refractivity contribution in [2.45, 2.75) is 25.4 Å². The third-order valence-electron chi connectivity index (χ3n) is 3.37. The molecule has 2 rings (SSSR count). The van der Waals surface area contributed by atoms with Crippen LogP contribution in [0.15, 0.2) is 42.6 Å². The zero-order chi connectivity index (χ0) is 17.0. The maximum Gasteiger partial charge on any atom is 0.416 e. The van der Waals surface area contributed by atoms with Crippen LogP contribution in [0.25, 0.3) is 0 Å². The Morgan fingerprint density at radius 1 is 1.21 bits per heavy atom. The van der Waals surface area contributed by atoms with E-state index in [4.69, 9.17) is 5.73 Å². The van der Waals surface area contributed by atoms with Crippen LogP contribution in [0, 0.1) is 0 Å². The minimum absolute atomic E-state index is 0. The Morgan fingerprint density at radius 2 is 1.83 bits per heavy atom. The van der Waals surface area contributed by atoms with Gasteiger partial charge in [0.05, 0.1) is 17.4 Å². The molecule has 0 spiro atoms. The van der Waals surface area contributed by atoms with Gasteiger partial charge in [-0.2, -0.15) is 13.2 Å². The first-order chi connectivity index (χ1) is 10.8. The summed E-state index contributed by atoms with van der Waals surface area (Å²) in [5.74, 6) is -0.107. The number of nitrogen functional groups attached to an aromatic ring is 1. The summed E-state index contributed by atoms with van der Waals surface area (Å²) in [6.07, 6.45) is -2.77. The van der Waals surface area contributed by atoms with Crippen molar-refractivity contribution in [1.82, 2.24) is 4.98 Å². The van der Waals surface area contributed by atoms with E-state index >= 15 is 0 Å². The van der Waals surface area contributed by atoms with E-state index in [1.54, 1.807) is 19.1 Å². The van der Waals surface area contributed by atoms with Crippen LogP contribution in [0.2, 0.25) is 0 Å². The Hall–Kier alpha value is -2.28. The molecular formula is C16H17ClF3N3O. The SMILES string of the molecule is CC(CC(=O)Nc1ccc(N)nc1)c1ccc(C(F)(F)F)cc1.Cl. The Labute approximate surface area is 143 Å². The second-order valence-corrected chi connectivity index (χ2v) is 5.24. The minimum atomic E-state index is -4.36. The lowest BCUT2D eigenvalue weighted by Crippen LogP contribution is -2.14. The van der Waals surface area contributed by atoms with Crippen molar-refractivity contribution >= 4 is 29.8 Å². The molecule has 4 nitrogen and oxygen atoms in total. The molecule has 1 aromatic carbocycles. The Kier molecular flexibility index (Phi) is 6.60. The van der Waals surface area contributed by atoms with E-state index in [1.807, 2.05) is 0 Å². The van der Waals surface area contributed by atoms with Gasteiger partial charge < -0.3 is 11.1 Å². The van der Waals surface area contributed by atoms with E-state index in [9.17, 15) is 18.0 Å². The maximum atomic E-state index is 12.5. The lowest BCUT2D eigenvalue weighted by molar-refractivity contribution is -0.137. The zero-order valence-electron chi connectivity index (χ0n) is 12.8. The van der Waals surface area contributed by atoms with Crippen molar-refractivity contribution in [3.63, 3.8) is 0 Å². The molecule has 1 atom stereocenters. The number of anilines is 2. The van der Waals surface area contributed by atoms with Gasteiger partial charge in [-0.3, -0.25) is 4.79 Å². The highest BCUT2D eigenvalue weighted by atomic mass is 35.5. The molecule has 0 saturated carbocycles. The molecule has 0 aliphatic carbocycles. The molecule has 130 valence electrons. The average Bonchev–Trinajstić information content (AvgIpc) is 2.49. The molecule has 3 N–H and O–H groups in total. The van der Waals surface area contributed by atoms with Crippen molar-refractivity contribution in [3.8, 4) is 0 Å². The number of rotatable bonds is 4. The molecule has 2 aromatic rings. The van der Waals surface area contributed by atoms with Crippen LogP contribution in [0.5, 0.6) is 0 Å². The summed E-state index contributed by atoms with van der Waals surface area (Å²) in [5.41, 5.74) is 5.94. The fraction of sp³-hybridized carbons (Fsp3) is 0.250. The van der Waals surface area contributed by atoms with Crippen molar-refractivity contribution in [2.24, 2.45) is 0 Å². The highest BCUT2D eigenvalue weighted by Gasteiger charge is 2.30. The summed E-state index contributed by atoms with van der Waals surface area (Å²) in [7, 11) is 0. The number of carbonyl (C=O) groups excluding carboxylic acids is 1. The molecule has 0 aliphatic rings. The summed E-state index contributed by atoms with van der Waals surface area (Å²) in [5, 5.41) is 2.67. The topological polar surface area (TPSA) is 68.0 Å². The summed E-state index contributed by atoms with van der Waals surface area (Å²) in [6.45, 7) is 1.78. The summed E-state index contributed by atoms with van der Waals surface area (Å²) in [4.78, 5) is 15.8. The highest BCUT2D eigenvalue weighted by Crippen LogP contribution is 2.30. The van der Waals surface area contributed by atoms with Gasteiger partial charge in [0.1, 0.15) is 5.82 Å². The second kappa shape index (κ2) is 8.01. The van der Waals surface area contributed by atoms with Gasteiger partial charge in [0.15, 0.2) is 0 Å². The molecule has 0 bridgehead atoms. The number of hydrogen-bond acceptors (Lipinski definition) is 3. The van der Waals surface area contributed by atoms with Crippen LogP contribution >= 0.6 is 12.4 Å². The normalized spacial score (nSPS) is 12.2. The number of nitrogens with zero attached hydrogens (tertiary/aromatic N) is 1. The largest absolute Gasteiger partial charge is 0.416 e. The van der Waals surface area contributed by atoms with E-state index in [-0.39, 0.29) is 30.7 Å². The standard InChI is InChI=1S/C16H16F3N3O.ClH/c1-10(11-2-4-12(5-3-11)16(17,18)19)8-15(23)22-13-6-7-14(20)21-9-13;/h2-7,9-10H,8H2,1H3,(H2,20,21)(H,22,23);1H. The molecule has 0 saturated heterocycles. The lowest BCUT2D eigenvalue weighted by atomic mass is 9.96. The Balaban J connectivity index is 0.00000288. The van der Waals surface area contributed by atoms with Crippen molar-refractivity contribution < 1.29 is 18.0 Å². The Morgan fingerprint density at radius 3 is 2.33 bits per heavy atom. The minimum Gasteiger partial charge on any atom is -0.384 e. The fourth-order valence-corrected chi connectivity index (χ4v) is 2.09. The van der Waals surface area contributed by atoms with Gasteiger partial charge in [-0.1, -0.05) is 19.1 Å². The molecule has 8 heteroatoms. The number of aromatic nitrogens is 1. The van der Waals surface area contributed by atoms with Gasteiger partial charge in [-0.15, -0.1) is 12.4 Å². The smallest absolute Gasteiger partial charge is 0.384 e. The lowest BCUT2D eigenvalue weighted by Gasteiger charge is -2.13. The molecule has 1 unspecified atom stereocenters. The molecule has 24 heavy (non-hydrogen) atoms. The van der Waals surface area contributed by atoms with Crippen LogP contribution in [0.3, 0.4) is 0 Å². The first kappa shape index (κ1) is 19.8. The van der Waals surface area contributed by atoms with Gasteiger partial charge in [0.25, 0.3) is 0 Å². The van der Waals surface area contributed by atoms with E-state index in [0.29, 0.717) is 17.1 Å². The number of nitrogens with two attached hydrogens (primary N) is 1. The monoisotopic (exact) mass is 359 g/mol. The van der Waals surface area contributed by atoms with Crippen LogP contribution in [-0.2, 0) is 11.0 Å². The third kappa shape index (κ3) is 5.42. The van der Waals surface area contributed by atoms with Crippen molar-refractivity contribution in [1.29, 1.82) is 0 Å². The molecule has 1 heterocycles. The van der Waals surface area contributed by atoms with Crippen LogP contribution in [0.1, 0.15) is 30.4 Å². The highest BCUT2D eigenvalue weighted by molar-refractivity contribution is 5.91. The van der Waals surface area contributed by atoms with Gasteiger partial charge in [-0.25, -0.2) is 4.98 Å². The number of carbonyl (C=O) groups is 1. The number of pyridine rings is 1. The van der Waals surface area contributed by atoms with Crippen LogP contribution in [-0.4, -0.2) is 10.9 Å². The Bertz CT molecular complexity index is 672. The molecule has 1 aromatic heterocycles. The van der Waals surface area contributed by atoms with E-state index < -0.39 is 11.7 Å². The number of halogens is 4. The summed E-state index contributed by atoms with van der Waals surface area (Å²) in [6, 6.07) is 8.02. The van der Waals surface area contributed by atoms with Crippen LogP contribution in [0.4, 0.5) is 24.7 Å². The second-order valence-electron chi connectivity index (χ2n) is 5.24. The number of hydrogen-bond donors (Lipinski definition) is 2. The zero-order valence-corrected chi connectivity index (χ0v) is 13.6. The first-order valence-electron chi connectivity index (χ1n) is 6.94. The van der Waals surface area contributed by atoms with E-state index in [1.165, 1.54) is 18.3 Å². The average molecular weight is 360 g/mol. The van der Waals surface area contributed by atoms with E-state index in [0.717, 1.165) is 12.1 Å². The number of alkyl halides is 3. The quantitative estimate of drug-likeness (QED) is 0.858. The van der Waals surface area contributed by atoms with Crippen molar-refractivity contribution in [2.75, 3.05) is 11.1 Å².